The van der Waals surface area contributed by atoms with Crippen LogP contribution < -0.4 is 0 Å². The SMILES string of the molecule is O=C(O)c1cccc(-c2ccc(C(=O)O)cc2Cl)c1. The number of carbonyl (C=O) groups is 2. The van der Waals surface area contributed by atoms with Crippen molar-refractivity contribution in [2.45, 2.75) is 0 Å². The topological polar surface area (TPSA) is 74.6 Å². The molecule has 0 aliphatic carbocycles. The predicted octanol–water partition coefficient (Wildman–Crippen LogP) is 3.40. The van der Waals surface area contributed by atoms with Gasteiger partial charge in [0, 0.05) is 10.6 Å². The fourth-order valence-electron chi connectivity index (χ4n) is 1.70. The zero-order valence-electron chi connectivity index (χ0n) is 9.63. The first-order valence-corrected chi connectivity index (χ1v) is 5.73. The Labute approximate surface area is 113 Å². The highest BCUT2D eigenvalue weighted by atomic mass is 35.5. The summed E-state index contributed by atoms with van der Waals surface area (Å²) in [5.41, 5.74) is 1.45. The molecule has 4 nitrogen and oxygen atoms in total. The van der Waals surface area contributed by atoms with Crippen molar-refractivity contribution in [3.63, 3.8) is 0 Å². The summed E-state index contributed by atoms with van der Waals surface area (Å²) in [4.78, 5) is 21.7. The van der Waals surface area contributed by atoms with Crippen molar-refractivity contribution in [3.8, 4) is 11.1 Å². The Hall–Kier alpha value is -2.33. The zero-order chi connectivity index (χ0) is 14.0. The van der Waals surface area contributed by atoms with E-state index in [4.69, 9.17) is 21.8 Å². The number of hydrogen-bond acceptors (Lipinski definition) is 2. The zero-order valence-corrected chi connectivity index (χ0v) is 10.4. The van der Waals surface area contributed by atoms with Gasteiger partial charge in [-0.2, -0.15) is 0 Å². The summed E-state index contributed by atoms with van der Waals surface area (Å²) >= 11 is 6.03. The van der Waals surface area contributed by atoms with Crippen LogP contribution in [0, 0.1) is 0 Å². The number of benzene rings is 2. The lowest BCUT2D eigenvalue weighted by Gasteiger charge is -2.06. The maximum atomic E-state index is 10.9. The number of carboxylic acids is 2. The molecule has 19 heavy (non-hydrogen) atoms. The van der Waals surface area contributed by atoms with Crippen molar-refractivity contribution in [2.24, 2.45) is 0 Å². The number of aromatic carboxylic acids is 2. The Morgan fingerprint density at radius 1 is 0.895 bits per heavy atom. The molecule has 0 amide bonds. The quantitative estimate of drug-likeness (QED) is 0.901. The second-order valence-electron chi connectivity index (χ2n) is 3.89. The Kier molecular flexibility index (Phi) is 3.53. The molecule has 2 rings (SSSR count). The Balaban J connectivity index is 2.50. The predicted molar refractivity (Wildman–Crippen MR) is 70.8 cm³/mol. The van der Waals surface area contributed by atoms with Gasteiger partial charge in [-0.15, -0.1) is 0 Å². The van der Waals surface area contributed by atoms with Crippen molar-refractivity contribution in [3.05, 3.63) is 58.6 Å². The lowest BCUT2D eigenvalue weighted by molar-refractivity contribution is 0.0686. The molecule has 0 aliphatic rings. The molecule has 2 N–H and O–H groups in total. The summed E-state index contributed by atoms with van der Waals surface area (Å²) in [6.07, 6.45) is 0. The van der Waals surface area contributed by atoms with Gasteiger partial charge in [0.25, 0.3) is 0 Å². The number of halogens is 1. The Morgan fingerprint density at radius 3 is 2.11 bits per heavy atom. The normalized spacial score (nSPS) is 10.2. The van der Waals surface area contributed by atoms with Crippen molar-refractivity contribution in [1.82, 2.24) is 0 Å². The fourth-order valence-corrected chi connectivity index (χ4v) is 1.99. The molecule has 0 spiro atoms. The molecule has 0 atom stereocenters. The van der Waals surface area contributed by atoms with E-state index in [0.717, 1.165) is 0 Å². The molecule has 0 saturated carbocycles. The van der Waals surface area contributed by atoms with Gasteiger partial charge in [-0.3, -0.25) is 0 Å². The van der Waals surface area contributed by atoms with Gasteiger partial charge in [0.2, 0.25) is 0 Å². The highest BCUT2D eigenvalue weighted by Crippen LogP contribution is 2.29. The molecule has 0 unspecified atom stereocenters. The summed E-state index contributed by atoms with van der Waals surface area (Å²) in [7, 11) is 0. The van der Waals surface area contributed by atoms with Crippen LogP contribution in [-0.2, 0) is 0 Å². The van der Waals surface area contributed by atoms with Crippen molar-refractivity contribution >= 4 is 23.5 Å². The molecule has 0 bridgehead atoms. The van der Waals surface area contributed by atoms with E-state index in [0.29, 0.717) is 11.1 Å². The van der Waals surface area contributed by atoms with E-state index < -0.39 is 11.9 Å². The molecule has 0 aliphatic heterocycles. The van der Waals surface area contributed by atoms with Crippen LogP contribution in [0.15, 0.2) is 42.5 Å². The third kappa shape index (κ3) is 2.74. The molecular weight excluding hydrogens is 268 g/mol. The lowest BCUT2D eigenvalue weighted by atomic mass is 10.0. The first-order valence-electron chi connectivity index (χ1n) is 5.35. The minimum atomic E-state index is -1.06. The van der Waals surface area contributed by atoms with Crippen LogP contribution in [-0.4, -0.2) is 22.2 Å². The Morgan fingerprint density at radius 2 is 1.53 bits per heavy atom. The average Bonchev–Trinajstić information content (AvgIpc) is 2.38. The fraction of sp³-hybridized carbons (Fsp3) is 0. The van der Waals surface area contributed by atoms with Crippen molar-refractivity contribution in [2.75, 3.05) is 0 Å². The Bertz CT molecular complexity index is 664. The van der Waals surface area contributed by atoms with Gasteiger partial charge < -0.3 is 10.2 Å². The molecule has 0 saturated heterocycles. The minimum Gasteiger partial charge on any atom is -0.478 e. The second-order valence-corrected chi connectivity index (χ2v) is 4.29. The second kappa shape index (κ2) is 5.12. The number of carboxylic acid groups (broad SMARTS) is 2. The largest absolute Gasteiger partial charge is 0.478 e. The van der Waals surface area contributed by atoms with E-state index in [-0.39, 0.29) is 16.1 Å². The monoisotopic (exact) mass is 276 g/mol. The van der Waals surface area contributed by atoms with Crippen LogP contribution in [0.3, 0.4) is 0 Å². The molecule has 0 aromatic heterocycles. The van der Waals surface area contributed by atoms with E-state index in [9.17, 15) is 9.59 Å². The van der Waals surface area contributed by atoms with E-state index >= 15 is 0 Å². The molecular formula is C14H9ClO4. The summed E-state index contributed by atoms with van der Waals surface area (Å²) in [5, 5.41) is 18.0. The third-order valence-electron chi connectivity index (χ3n) is 2.64. The average molecular weight is 277 g/mol. The van der Waals surface area contributed by atoms with E-state index in [1.165, 1.54) is 24.3 Å². The summed E-state index contributed by atoms with van der Waals surface area (Å²) in [6, 6.07) is 10.6. The number of hydrogen-bond donors (Lipinski definition) is 2. The highest BCUT2D eigenvalue weighted by molar-refractivity contribution is 6.33. The highest BCUT2D eigenvalue weighted by Gasteiger charge is 2.10. The van der Waals surface area contributed by atoms with E-state index in [2.05, 4.69) is 0 Å². The van der Waals surface area contributed by atoms with Gasteiger partial charge in [-0.1, -0.05) is 29.8 Å². The van der Waals surface area contributed by atoms with Crippen LogP contribution in [0.4, 0.5) is 0 Å². The standard InChI is InChI=1S/C14H9ClO4/c15-12-7-10(14(18)19)4-5-11(12)8-2-1-3-9(6-8)13(16)17/h1-7H,(H,16,17)(H,18,19). The maximum absolute atomic E-state index is 10.9. The third-order valence-corrected chi connectivity index (χ3v) is 2.95. The van der Waals surface area contributed by atoms with Crippen LogP contribution in [0.25, 0.3) is 11.1 Å². The van der Waals surface area contributed by atoms with Gasteiger partial charge in [-0.05, 0) is 29.8 Å². The van der Waals surface area contributed by atoms with Crippen LogP contribution >= 0.6 is 11.6 Å². The van der Waals surface area contributed by atoms with Gasteiger partial charge in [0.1, 0.15) is 0 Å². The molecule has 0 heterocycles. The molecule has 0 fully saturated rings. The van der Waals surface area contributed by atoms with E-state index in [1.807, 2.05) is 0 Å². The first kappa shape index (κ1) is 13.1. The van der Waals surface area contributed by atoms with Gasteiger partial charge in [0.05, 0.1) is 11.1 Å². The van der Waals surface area contributed by atoms with Crippen LogP contribution in [0.2, 0.25) is 5.02 Å². The van der Waals surface area contributed by atoms with Crippen molar-refractivity contribution < 1.29 is 19.8 Å². The van der Waals surface area contributed by atoms with Crippen molar-refractivity contribution in [1.29, 1.82) is 0 Å². The molecule has 5 heteroatoms. The first-order chi connectivity index (χ1) is 8.99. The smallest absolute Gasteiger partial charge is 0.335 e. The molecule has 2 aromatic carbocycles. The molecule has 96 valence electrons. The molecule has 2 aromatic rings. The van der Waals surface area contributed by atoms with Gasteiger partial charge >= 0.3 is 11.9 Å². The lowest BCUT2D eigenvalue weighted by Crippen LogP contribution is -1.97. The molecule has 0 radical (unpaired) electrons. The summed E-state index contributed by atoms with van der Waals surface area (Å²) in [6.45, 7) is 0. The van der Waals surface area contributed by atoms with Gasteiger partial charge in [0.15, 0.2) is 0 Å². The summed E-state index contributed by atoms with van der Waals surface area (Å²) in [5.74, 6) is -2.09. The van der Waals surface area contributed by atoms with Gasteiger partial charge in [-0.25, -0.2) is 9.59 Å². The maximum Gasteiger partial charge on any atom is 0.335 e. The van der Waals surface area contributed by atoms with Crippen LogP contribution in [0.5, 0.6) is 0 Å². The van der Waals surface area contributed by atoms with Crippen LogP contribution in [0.1, 0.15) is 20.7 Å². The number of rotatable bonds is 3. The minimum absolute atomic E-state index is 0.0862. The van der Waals surface area contributed by atoms with E-state index in [1.54, 1.807) is 18.2 Å². The summed E-state index contributed by atoms with van der Waals surface area (Å²) < 4.78 is 0.